The summed E-state index contributed by atoms with van der Waals surface area (Å²) in [6.45, 7) is 0.805. The van der Waals surface area contributed by atoms with Crippen LogP contribution in [0.25, 0.3) is 0 Å². The predicted octanol–water partition coefficient (Wildman–Crippen LogP) is -0.0470. The van der Waals surface area contributed by atoms with Gasteiger partial charge in [0, 0.05) is 31.7 Å². The third-order valence-corrected chi connectivity index (χ3v) is 6.12. The molecule has 1 aromatic heterocycles. The summed E-state index contributed by atoms with van der Waals surface area (Å²) in [4.78, 5) is 15.3. The molecule has 0 radical (unpaired) electrons. The number of anilines is 1. The molecule has 2 fully saturated rings. The third-order valence-electron chi connectivity index (χ3n) is 4.20. The molecule has 2 unspecified atom stereocenters. The van der Waals surface area contributed by atoms with E-state index in [4.69, 9.17) is 5.73 Å². The molecule has 2 saturated heterocycles. The van der Waals surface area contributed by atoms with E-state index in [0.29, 0.717) is 25.9 Å². The van der Waals surface area contributed by atoms with Crippen molar-refractivity contribution in [3.05, 3.63) is 18.3 Å². The van der Waals surface area contributed by atoms with Crippen LogP contribution in [0.2, 0.25) is 0 Å². The number of sulfonamides is 1. The molecule has 0 saturated carbocycles. The number of nitrogens with two attached hydrogens (primary N) is 1. The van der Waals surface area contributed by atoms with E-state index in [1.807, 2.05) is 0 Å². The number of nitrogens with zero attached hydrogens (tertiary/aromatic N) is 2. The number of carbonyl (C=O) groups excluding carboxylic acids is 1. The zero-order chi connectivity index (χ0) is 15.0. The van der Waals surface area contributed by atoms with Crippen LogP contribution in [0, 0.1) is 5.92 Å². The first-order valence-corrected chi connectivity index (χ1v) is 8.42. The fourth-order valence-corrected chi connectivity index (χ4v) is 4.63. The Labute approximate surface area is 123 Å². The Bertz CT molecular complexity index is 661. The van der Waals surface area contributed by atoms with Gasteiger partial charge in [-0.3, -0.25) is 4.79 Å². The first kappa shape index (κ1) is 14.3. The Morgan fingerprint density at radius 2 is 2.19 bits per heavy atom. The van der Waals surface area contributed by atoms with Gasteiger partial charge in [0.2, 0.25) is 15.9 Å². The van der Waals surface area contributed by atoms with Gasteiger partial charge in [-0.25, -0.2) is 13.4 Å². The number of hydrogen-bond donors (Lipinski definition) is 2. The maximum atomic E-state index is 12.7. The lowest BCUT2D eigenvalue weighted by molar-refractivity contribution is -0.124. The van der Waals surface area contributed by atoms with Crippen LogP contribution in [0.5, 0.6) is 0 Å². The van der Waals surface area contributed by atoms with Crippen molar-refractivity contribution in [1.29, 1.82) is 0 Å². The minimum absolute atomic E-state index is 0.0246. The summed E-state index contributed by atoms with van der Waals surface area (Å²) in [5.41, 5.74) is 5.69. The Kier molecular flexibility index (Phi) is 3.58. The second kappa shape index (κ2) is 5.27. The topological polar surface area (TPSA) is 105 Å². The van der Waals surface area contributed by atoms with Gasteiger partial charge in [0.15, 0.2) is 0 Å². The van der Waals surface area contributed by atoms with Crippen molar-refractivity contribution in [3.8, 4) is 0 Å². The van der Waals surface area contributed by atoms with Crippen LogP contribution in [-0.2, 0) is 14.8 Å². The molecule has 3 heterocycles. The number of rotatable bonds is 2. The predicted molar refractivity (Wildman–Crippen MR) is 76.7 cm³/mol. The van der Waals surface area contributed by atoms with Gasteiger partial charge in [-0.05, 0) is 30.9 Å². The highest BCUT2D eigenvalue weighted by Gasteiger charge is 2.38. The highest BCUT2D eigenvalue weighted by Crippen LogP contribution is 2.30. The molecule has 2 aliphatic rings. The van der Waals surface area contributed by atoms with E-state index in [-0.39, 0.29) is 28.6 Å². The lowest BCUT2D eigenvalue weighted by Gasteiger charge is -2.40. The molecule has 8 heteroatoms. The zero-order valence-corrected chi connectivity index (χ0v) is 12.3. The number of aromatic nitrogens is 1. The molecular formula is C13H18N4O3S. The van der Waals surface area contributed by atoms with Gasteiger partial charge in [-0.1, -0.05) is 0 Å². The normalized spacial score (nSPS) is 27.0. The third kappa shape index (κ3) is 2.60. The molecule has 114 valence electrons. The summed E-state index contributed by atoms with van der Waals surface area (Å²) >= 11 is 0. The summed E-state index contributed by atoms with van der Waals surface area (Å²) in [6, 6.07) is 3.13. The number of nitrogens with one attached hydrogen (secondary N) is 1. The van der Waals surface area contributed by atoms with E-state index in [2.05, 4.69) is 10.3 Å². The minimum Gasteiger partial charge on any atom is -0.383 e. The summed E-state index contributed by atoms with van der Waals surface area (Å²) < 4.78 is 26.8. The van der Waals surface area contributed by atoms with Gasteiger partial charge in [0.05, 0.1) is 0 Å². The van der Waals surface area contributed by atoms with E-state index in [1.54, 1.807) is 6.07 Å². The van der Waals surface area contributed by atoms with Crippen LogP contribution in [0.15, 0.2) is 23.2 Å². The molecule has 0 bridgehead atoms. The number of pyridine rings is 1. The van der Waals surface area contributed by atoms with Crippen LogP contribution < -0.4 is 11.1 Å². The van der Waals surface area contributed by atoms with Gasteiger partial charge in [-0.15, -0.1) is 0 Å². The van der Waals surface area contributed by atoms with Crippen molar-refractivity contribution >= 4 is 21.7 Å². The first-order chi connectivity index (χ1) is 9.98. The van der Waals surface area contributed by atoms with Crippen molar-refractivity contribution in [2.24, 2.45) is 5.92 Å². The monoisotopic (exact) mass is 310 g/mol. The largest absolute Gasteiger partial charge is 0.383 e. The van der Waals surface area contributed by atoms with Gasteiger partial charge >= 0.3 is 0 Å². The number of fused-ring (bicyclic) bond motifs is 1. The fourth-order valence-electron chi connectivity index (χ4n) is 3.06. The molecule has 1 amide bonds. The highest BCUT2D eigenvalue weighted by atomic mass is 32.2. The van der Waals surface area contributed by atoms with Crippen LogP contribution in [0.1, 0.15) is 19.3 Å². The van der Waals surface area contributed by atoms with Crippen LogP contribution >= 0.6 is 0 Å². The number of nitrogen functional groups attached to an aromatic ring is 1. The summed E-state index contributed by atoms with van der Waals surface area (Å²) in [5.74, 6) is 0.254. The van der Waals surface area contributed by atoms with E-state index in [0.717, 1.165) is 6.42 Å². The van der Waals surface area contributed by atoms with E-state index < -0.39 is 10.0 Å². The average molecular weight is 310 g/mol. The van der Waals surface area contributed by atoms with Crippen LogP contribution in [-0.4, -0.2) is 42.7 Å². The Balaban J connectivity index is 1.82. The molecule has 0 aromatic carbocycles. The minimum atomic E-state index is -3.62. The second-order valence-corrected chi connectivity index (χ2v) is 7.42. The summed E-state index contributed by atoms with van der Waals surface area (Å²) in [6.07, 6.45) is 3.29. The average Bonchev–Trinajstić information content (AvgIpc) is 2.47. The lowest BCUT2D eigenvalue weighted by Crippen LogP contribution is -2.55. The van der Waals surface area contributed by atoms with E-state index in [9.17, 15) is 13.2 Å². The summed E-state index contributed by atoms with van der Waals surface area (Å²) in [7, 11) is -3.62. The molecule has 0 spiro atoms. The van der Waals surface area contributed by atoms with Crippen LogP contribution in [0.4, 0.5) is 5.82 Å². The van der Waals surface area contributed by atoms with Crippen molar-refractivity contribution in [3.63, 3.8) is 0 Å². The van der Waals surface area contributed by atoms with Gasteiger partial charge in [-0.2, -0.15) is 4.31 Å². The number of amides is 1. The quantitative estimate of drug-likeness (QED) is 0.797. The van der Waals surface area contributed by atoms with E-state index in [1.165, 1.54) is 16.6 Å². The van der Waals surface area contributed by atoms with Gasteiger partial charge in [0.25, 0.3) is 0 Å². The Hall–Kier alpha value is -1.67. The molecule has 21 heavy (non-hydrogen) atoms. The Morgan fingerprint density at radius 3 is 2.95 bits per heavy atom. The highest BCUT2D eigenvalue weighted by molar-refractivity contribution is 7.89. The maximum absolute atomic E-state index is 12.7. The SMILES string of the molecule is Nc1ncccc1S(=O)(=O)N1CCC2NC(=O)CCC2C1. The maximum Gasteiger partial charge on any atom is 0.246 e. The standard InChI is InChI=1S/C13H18N4O3S/c14-13-11(2-1-6-15-13)21(19,20)17-7-5-10-9(8-17)3-4-12(18)16-10/h1-2,6,9-10H,3-5,7-8H2,(H2,14,15)(H,16,18). The second-order valence-electron chi connectivity index (χ2n) is 5.51. The fraction of sp³-hybridized carbons (Fsp3) is 0.538. The molecular weight excluding hydrogens is 292 g/mol. The van der Waals surface area contributed by atoms with Crippen molar-refractivity contribution in [2.75, 3.05) is 18.8 Å². The molecule has 7 nitrogen and oxygen atoms in total. The molecule has 0 aliphatic carbocycles. The molecule has 2 aliphatic heterocycles. The molecule has 2 atom stereocenters. The van der Waals surface area contributed by atoms with Crippen molar-refractivity contribution < 1.29 is 13.2 Å². The van der Waals surface area contributed by atoms with Crippen molar-refractivity contribution in [2.45, 2.75) is 30.2 Å². The van der Waals surface area contributed by atoms with Crippen molar-refractivity contribution in [1.82, 2.24) is 14.6 Å². The van der Waals surface area contributed by atoms with Crippen LogP contribution in [0.3, 0.4) is 0 Å². The lowest BCUT2D eigenvalue weighted by atomic mass is 9.86. The summed E-state index contributed by atoms with van der Waals surface area (Å²) in [5, 5.41) is 2.94. The van der Waals surface area contributed by atoms with Gasteiger partial charge in [0.1, 0.15) is 10.7 Å². The van der Waals surface area contributed by atoms with E-state index >= 15 is 0 Å². The molecule has 3 N–H and O–H groups in total. The first-order valence-electron chi connectivity index (χ1n) is 6.98. The van der Waals surface area contributed by atoms with Gasteiger partial charge < -0.3 is 11.1 Å². The number of piperidine rings is 2. The number of hydrogen-bond acceptors (Lipinski definition) is 5. The smallest absolute Gasteiger partial charge is 0.246 e. The Morgan fingerprint density at radius 1 is 1.38 bits per heavy atom. The molecule has 3 rings (SSSR count). The number of carbonyl (C=O) groups is 1. The molecule has 1 aromatic rings. The zero-order valence-electron chi connectivity index (χ0n) is 11.5.